The van der Waals surface area contributed by atoms with Gasteiger partial charge < -0.3 is 5.11 Å². The second kappa shape index (κ2) is 4.73. The van der Waals surface area contributed by atoms with Gasteiger partial charge in [-0.3, -0.25) is 4.79 Å². The summed E-state index contributed by atoms with van der Waals surface area (Å²) in [5.74, 6) is -1.22. The molecule has 0 spiro atoms. The summed E-state index contributed by atoms with van der Waals surface area (Å²) in [7, 11) is 0. The van der Waals surface area contributed by atoms with Crippen LogP contribution in [0.5, 0.6) is 0 Å². The fourth-order valence-corrected chi connectivity index (χ4v) is 1.94. The van der Waals surface area contributed by atoms with Crippen molar-refractivity contribution >= 4 is 29.2 Å². The Labute approximate surface area is 103 Å². The second-order valence-corrected chi connectivity index (χ2v) is 4.06. The van der Waals surface area contributed by atoms with Crippen LogP contribution in [0.4, 0.5) is 0 Å². The highest BCUT2D eigenvalue weighted by Crippen LogP contribution is 2.36. The number of rotatable bonds is 3. The van der Waals surface area contributed by atoms with Crippen LogP contribution in [0.25, 0.3) is 0 Å². The van der Waals surface area contributed by atoms with E-state index in [2.05, 4.69) is 0 Å². The van der Waals surface area contributed by atoms with Gasteiger partial charge in [0.05, 0.1) is 16.1 Å². The van der Waals surface area contributed by atoms with Gasteiger partial charge in [-0.15, -0.1) is 0 Å². The van der Waals surface area contributed by atoms with Crippen molar-refractivity contribution in [2.45, 2.75) is 18.8 Å². The fraction of sp³-hybridized carbons (Fsp3) is 0.273. The summed E-state index contributed by atoms with van der Waals surface area (Å²) in [4.78, 5) is 11.2. The highest BCUT2D eigenvalue weighted by atomic mass is 35.5. The van der Waals surface area contributed by atoms with Gasteiger partial charge in [0.2, 0.25) is 0 Å². The Morgan fingerprint density at radius 2 is 2.19 bits per heavy atom. The lowest BCUT2D eigenvalue weighted by Gasteiger charge is -2.21. The van der Waals surface area contributed by atoms with Gasteiger partial charge in [0, 0.05) is 5.56 Å². The number of benzene rings is 1. The molecule has 0 aliphatic heterocycles. The molecule has 0 aromatic heterocycles. The minimum absolute atomic E-state index is 0.120. The maximum absolute atomic E-state index is 11.2. The third kappa shape index (κ3) is 1.87. The topological polar surface area (TPSA) is 61.1 Å². The van der Waals surface area contributed by atoms with E-state index in [1.807, 2.05) is 0 Å². The molecule has 1 rings (SSSR count). The lowest BCUT2D eigenvalue weighted by Crippen LogP contribution is -2.33. The Kier molecular flexibility index (Phi) is 3.79. The molecule has 0 fully saturated rings. The highest BCUT2D eigenvalue weighted by Gasteiger charge is 2.41. The smallest absolute Gasteiger partial charge is 0.328 e. The highest BCUT2D eigenvalue weighted by molar-refractivity contribution is 6.42. The van der Waals surface area contributed by atoms with E-state index in [4.69, 9.17) is 33.6 Å². The molecule has 0 saturated heterocycles. The Morgan fingerprint density at radius 3 is 2.62 bits per heavy atom. The van der Waals surface area contributed by atoms with E-state index in [9.17, 15) is 4.79 Å². The normalized spacial score (nSPS) is 13.9. The van der Waals surface area contributed by atoms with Gasteiger partial charge in [-0.05, 0) is 12.5 Å². The maximum atomic E-state index is 11.2. The number of carboxylic acid groups (broad SMARTS) is 1. The first kappa shape index (κ1) is 12.8. The molecular formula is C11H9Cl2NO2. The van der Waals surface area contributed by atoms with Crippen LogP contribution >= 0.6 is 23.2 Å². The summed E-state index contributed by atoms with van der Waals surface area (Å²) in [6.07, 6.45) is 0.124. The van der Waals surface area contributed by atoms with Gasteiger partial charge in [0.15, 0.2) is 5.41 Å². The van der Waals surface area contributed by atoms with E-state index >= 15 is 0 Å². The van der Waals surface area contributed by atoms with Crippen LogP contribution in [0.3, 0.4) is 0 Å². The number of nitriles is 1. The molecule has 5 heteroatoms. The molecule has 84 valence electrons. The van der Waals surface area contributed by atoms with Crippen LogP contribution in [0.2, 0.25) is 10.0 Å². The van der Waals surface area contributed by atoms with E-state index in [1.165, 1.54) is 6.07 Å². The number of carbonyl (C=O) groups is 1. The quantitative estimate of drug-likeness (QED) is 0.905. The summed E-state index contributed by atoms with van der Waals surface area (Å²) < 4.78 is 0. The third-order valence-electron chi connectivity index (χ3n) is 2.50. The van der Waals surface area contributed by atoms with Crippen molar-refractivity contribution in [3.63, 3.8) is 0 Å². The molecule has 0 radical (unpaired) electrons. The fourth-order valence-electron chi connectivity index (χ4n) is 1.48. The molecule has 1 aromatic carbocycles. The molecule has 16 heavy (non-hydrogen) atoms. The van der Waals surface area contributed by atoms with Crippen molar-refractivity contribution in [3.8, 4) is 6.07 Å². The number of carboxylic acids is 1. The Hall–Kier alpha value is -1.24. The molecular weight excluding hydrogens is 249 g/mol. The monoisotopic (exact) mass is 257 g/mol. The van der Waals surface area contributed by atoms with Crippen LogP contribution in [0.1, 0.15) is 18.9 Å². The van der Waals surface area contributed by atoms with Crippen molar-refractivity contribution in [2.24, 2.45) is 0 Å². The first-order valence-electron chi connectivity index (χ1n) is 4.58. The molecule has 1 aromatic rings. The number of aliphatic carboxylic acids is 1. The van der Waals surface area contributed by atoms with Crippen molar-refractivity contribution in [3.05, 3.63) is 33.8 Å². The van der Waals surface area contributed by atoms with Gasteiger partial charge in [-0.25, -0.2) is 0 Å². The zero-order valence-corrected chi connectivity index (χ0v) is 10.0. The molecule has 0 saturated carbocycles. The SMILES string of the molecule is CCC(C#N)(C(=O)O)c1cccc(Cl)c1Cl. The van der Waals surface area contributed by atoms with Crippen molar-refractivity contribution in [1.82, 2.24) is 0 Å². The number of halogens is 2. The lowest BCUT2D eigenvalue weighted by molar-refractivity contribution is -0.141. The summed E-state index contributed by atoms with van der Waals surface area (Å²) in [6.45, 7) is 1.62. The predicted octanol–water partition coefficient (Wildman–Crippen LogP) is 3.25. The Morgan fingerprint density at radius 1 is 1.56 bits per heavy atom. The number of hydrogen-bond acceptors (Lipinski definition) is 2. The van der Waals surface area contributed by atoms with Crippen LogP contribution in [-0.4, -0.2) is 11.1 Å². The van der Waals surface area contributed by atoms with Gasteiger partial charge in [0.25, 0.3) is 0 Å². The van der Waals surface area contributed by atoms with Crippen LogP contribution in [0.15, 0.2) is 18.2 Å². The average molecular weight is 258 g/mol. The average Bonchev–Trinajstić information content (AvgIpc) is 2.26. The molecule has 0 aliphatic carbocycles. The van der Waals surface area contributed by atoms with E-state index in [-0.39, 0.29) is 22.0 Å². The van der Waals surface area contributed by atoms with E-state index < -0.39 is 11.4 Å². The molecule has 1 unspecified atom stereocenters. The molecule has 1 N–H and O–H groups in total. The zero-order chi connectivity index (χ0) is 12.3. The third-order valence-corrected chi connectivity index (χ3v) is 3.32. The molecule has 0 bridgehead atoms. The minimum Gasteiger partial charge on any atom is -0.480 e. The summed E-state index contributed by atoms with van der Waals surface area (Å²) in [6, 6.07) is 6.44. The molecule has 1 atom stereocenters. The first-order valence-corrected chi connectivity index (χ1v) is 5.34. The Bertz CT molecular complexity index is 468. The van der Waals surface area contributed by atoms with Gasteiger partial charge in [0.1, 0.15) is 0 Å². The molecule has 0 amide bonds. The van der Waals surface area contributed by atoms with E-state index in [0.29, 0.717) is 0 Å². The standard InChI is InChI=1S/C11H9Cl2NO2/c1-2-11(6-14,10(15)16)7-4-3-5-8(12)9(7)13/h3-5H,2H2,1H3,(H,15,16). The molecule has 0 aliphatic rings. The summed E-state index contributed by atoms with van der Waals surface area (Å²) >= 11 is 11.7. The molecule has 3 nitrogen and oxygen atoms in total. The van der Waals surface area contributed by atoms with Crippen LogP contribution < -0.4 is 0 Å². The zero-order valence-electron chi connectivity index (χ0n) is 8.50. The first-order chi connectivity index (χ1) is 7.49. The van der Waals surface area contributed by atoms with Crippen LogP contribution in [0, 0.1) is 11.3 Å². The Balaban J connectivity index is 3.51. The number of hydrogen-bond donors (Lipinski definition) is 1. The van der Waals surface area contributed by atoms with Crippen LogP contribution in [-0.2, 0) is 10.2 Å². The summed E-state index contributed by atoms with van der Waals surface area (Å²) in [5.41, 5.74) is -1.40. The largest absolute Gasteiger partial charge is 0.480 e. The van der Waals surface area contributed by atoms with Gasteiger partial charge in [-0.2, -0.15) is 5.26 Å². The predicted molar refractivity (Wildman–Crippen MR) is 61.7 cm³/mol. The lowest BCUT2D eigenvalue weighted by atomic mass is 9.79. The van der Waals surface area contributed by atoms with E-state index in [1.54, 1.807) is 25.1 Å². The number of nitrogens with zero attached hydrogens (tertiary/aromatic N) is 1. The van der Waals surface area contributed by atoms with Crippen molar-refractivity contribution in [1.29, 1.82) is 5.26 Å². The van der Waals surface area contributed by atoms with Crippen molar-refractivity contribution < 1.29 is 9.90 Å². The van der Waals surface area contributed by atoms with Gasteiger partial charge in [-0.1, -0.05) is 42.3 Å². The molecule has 0 heterocycles. The van der Waals surface area contributed by atoms with Gasteiger partial charge >= 0.3 is 5.97 Å². The van der Waals surface area contributed by atoms with E-state index in [0.717, 1.165) is 0 Å². The second-order valence-electron chi connectivity index (χ2n) is 3.28. The summed E-state index contributed by atoms with van der Waals surface area (Å²) in [5, 5.41) is 18.6. The minimum atomic E-state index is -1.64. The van der Waals surface area contributed by atoms with Crippen molar-refractivity contribution in [2.75, 3.05) is 0 Å². The maximum Gasteiger partial charge on any atom is 0.328 e.